The quantitative estimate of drug-likeness (QED) is 0.809. The highest BCUT2D eigenvalue weighted by Gasteiger charge is 2.08. The lowest BCUT2D eigenvalue weighted by Gasteiger charge is -2.09. The SMILES string of the molecule is CNCc1ccc(NC(=O)Nc2ccc(F)cc2F)cc1. The van der Waals surface area contributed by atoms with Crippen LogP contribution in [-0.2, 0) is 6.54 Å². The summed E-state index contributed by atoms with van der Waals surface area (Å²) in [6.45, 7) is 0.729. The number of nitrogens with one attached hydrogen (secondary N) is 3. The molecule has 0 aliphatic heterocycles. The number of benzene rings is 2. The average molecular weight is 291 g/mol. The van der Waals surface area contributed by atoms with Crippen LogP contribution in [0.4, 0.5) is 25.0 Å². The molecule has 3 N–H and O–H groups in total. The number of hydrogen-bond acceptors (Lipinski definition) is 2. The molecule has 21 heavy (non-hydrogen) atoms. The first-order chi connectivity index (χ1) is 10.1. The van der Waals surface area contributed by atoms with Gasteiger partial charge in [-0.2, -0.15) is 0 Å². The predicted octanol–water partition coefficient (Wildman–Crippen LogP) is 3.33. The molecule has 6 heteroatoms. The van der Waals surface area contributed by atoms with Crippen LogP contribution >= 0.6 is 0 Å². The van der Waals surface area contributed by atoms with E-state index in [4.69, 9.17) is 0 Å². The van der Waals surface area contributed by atoms with Gasteiger partial charge in [-0.15, -0.1) is 0 Å². The van der Waals surface area contributed by atoms with Crippen molar-refractivity contribution in [3.63, 3.8) is 0 Å². The molecule has 0 atom stereocenters. The number of hydrogen-bond donors (Lipinski definition) is 3. The molecular weight excluding hydrogens is 276 g/mol. The Bertz CT molecular complexity index is 629. The van der Waals surface area contributed by atoms with Crippen LogP contribution < -0.4 is 16.0 Å². The summed E-state index contributed by atoms with van der Waals surface area (Å²) in [5.41, 5.74) is 1.57. The van der Waals surface area contributed by atoms with Gasteiger partial charge in [-0.25, -0.2) is 13.6 Å². The van der Waals surface area contributed by atoms with Crippen molar-refractivity contribution in [2.45, 2.75) is 6.54 Å². The lowest BCUT2D eigenvalue weighted by molar-refractivity contribution is 0.262. The number of rotatable bonds is 4. The fraction of sp³-hybridized carbons (Fsp3) is 0.133. The second kappa shape index (κ2) is 6.81. The van der Waals surface area contributed by atoms with Gasteiger partial charge in [-0.1, -0.05) is 12.1 Å². The summed E-state index contributed by atoms with van der Waals surface area (Å²) < 4.78 is 26.2. The number of carbonyl (C=O) groups is 1. The van der Waals surface area contributed by atoms with Crippen LogP contribution in [0.1, 0.15) is 5.56 Å². The molecule has 4 nitrogen and oxygen atoms in total. The molecule has 2 rings (SSSR count). The molecule has 0 heterocycles. The fourth-order valence-corrected chi connectivity index (χ4v) is 1.79. The second-order valence-electron chi connectivity index (χ2n) is 4.43. The lowest BCUT2D eigenvalue weighted by Crippen LogP contribution is -2.20. The van der Waals surface area contributed by atoms with E-state index in [2.05, 4.69) is 16.0 Å². The van der Waals surface area contributed by atoms with Crippen molar-refractivity contribution in [1.29, 1.82) is 0 Å². The smallest absolute Gasteiger partial charge is 0.316 e. The van der Waals surface area contributed by atoms with Crippen LogP contribution in [0.5, 0.6) is 0 Å². The molecular formula is C15H15F2N3O. The van der Waals surface area contributed by atoms with Crippen LogP contribution in [0.15, 0.2) is 42.5 Å². The molecule has 0 radical (unpaired) electrons. The summed E-state index contributed by atoms with van der Waals surface area (Å²) >= 11 is 0. The van der Waals surface area contributed by atoms with Crippen LogP contribution in [0.25, 0.3) is 0 Å². The van der Waals surface area contributed by atoms with Crippen LogP contribution in [-0.4, -0.2) is 13.1 Å². The lowest BCUT2D eigenvalue weighted by atomic mass is 10.2. The van der Waals surface area contributed by atoms with Gasteiger partial charge in [0.05, 0.1) is 5.69 Å². The molecule has 0 unspecified atom stereocenters. The molecule has 2 aromatic carbocycles. The van der Waals surface area contributed by atoms with Gasteiger partial charge in [0.25, 0.3) is 0 Å². The molecule has 0 saturated carbocycles. The van der Waals surface area contributed by atoms with Crippen molar-refractivity contribution in [2.24, 2.45) is 0 Å². The first-order valence-electron chi connectivity index (χ1n) is 6.35. The van der Waals surface area contributed by atoms with Crippen LogP contribution in [0.3, 0.4) is 0 Å². The maximum absolute atomic E-state index is 13.4. The van der Waals surface area contributed by atoms with Crippen LogP contribution in [0.2, 0.25) is 0 Å². The Morgan fingerprint density at radius 1 is 1.05 bits per heavy atom. The molecule has 110 valence electrons. The average Bonchev–Trinajstić information content (AvgIpc) is 2.44. The Balaban J connectivity index is 1.98. The minimum absolute atomic E-state index is 0.0827. The molecule has 0 bridgehead atoms. The van der Waals surface area contributed by atoms with E-state index >= 15 is 0 Å². The third-order valence-electron chi connectivity index (χ3n) is 2.77. The van der Waals surface area contributed by atoms with E-state index in [0.717, 1.165) is 18.2 Å². The van der Waals surface area contributed by atoms with Crippen molar-refractivity contribution in [1.82, 2.24) is 5.32 Å². The van der Waals surface area contributed by atoms with Crippen molar-refractivity contribution in [3.05, 3.63) is 59.7 Å². The van der Waals surface area contributed by atoms with Crippen LogP contribution in [0, 0.1) is 11.6 Å². The molecule has 0 spiro atoms. The van der Waals surface area contributed by atoms with Gasteiger partial charge < -0.3 is 16.0 Å². The number of anilines is 2. The normalized spacial score (nSPS) is 10.2. The summed E-state index contributed by atoms with van der Waals surface area (Å²) in [6, 6.07) is 9.57. The minimum Gasteiger partial charge on any atom is -0.316 e. The van der Waals surface area contributed by atoms with E-state index in [1.165, 1.54) is 6.07 Å². The maximum atomic E-state index is 13.4. The highest BCUT2D eigenvalue weighted by Crippen LogP contribution is 2.16. The maximum Gasteiger partial charge on any atom is 0.323 e. The van der Waals surface area contributed by atoms with Gasteiger partial charge in [-0.05, 0) is 36.9 Å². The summed E-state index contributed by atoms with van der Waals surface area (Å²) in [7, 11) is 1.84. The van der Waals surface area contributed by atoms with Crippen molar-refractivity contribution >= 4 is 17.4 Å². The Morgan fingerprint density at radius 2 is 1.76 bits per heavy atom. The molecule has 0 aromatic heterocycles. The van der Waals surface area contributed by atoms with E-state index in [1.54, 1.807) is 12.1 Å². The minimum atomic E-state index is -0.825. The Hall–Kier alpha value is -2.47. The highest BCUT2D eigenvalue weighted by molar-refractivity contribution is 5.99. The molecule has 2 amide bonds. The summed E-state index contributed by atoms with van der Waals surface area (Å²) in [4.78, 5) is 11.7. The van der Waals surface area contributed by atoms with Crippen molar-refractivity contribution < 1.29 is 13.6 Å². The topological polar surface area (TPSA) is 53.2 Å². The number of urea groups is 1. The zero-order valence-electron chi connectivity index (χ0n) is 11.4. The molecule has 0 aliphatic rings. The van der Waals surface area contributed by atoms with E-state index < -0.39 is 17.7 Å². The summed E-state index contributed by atoms with van der Waals surface area (Å²) in [5, 5.41) is 7.91. The van der Waals surface area contributed by atoms with Crippen molar-refractivity contribution in [3.8, 4) is 0 Å². The van der Waals surface area contributed by atoms with Gasteiger partial charge in [-0.3, -0.25) is 0 Å². The Kier molecular flexibility index (Phi) is 4.84. The van der Waals surface area contributed by atoms with Gasteiger partial charge >= 0.3 is 6.03 Å². The molecule has 0 saturated heterocycles. The van der Waals surface area contributed by atoms with E-state index in [1.807, 2.05) is 19.2 Å². The van der Waals surface area contributed by atoms with E-state index in [9.17, 15) is 13.6 Å². The van der Waals surface area contributed by atoms with E-state index in [-0.39, 0.29) is 5.69 Å². The molecule has 2 aromatic rings. The predicted molar refractivity (Wildman–Crippen MR) is 78.2 cm³/mol. The Morgan fingerprint density at radius 3 is 2.38 bits per heavy atom. The summed E-state index contributed by atoms with van der Waals surface area (Å²) in [6.07, 6.45) is 0. The highest BCUT2D eigenvalue weighted by atomic mass is 19.1. The monoisotopic (exact) mass is 291 g/mol. The third kappa shape index (κ3) is 4.25. The molecule has 0 fully saturated rings. The zero-order chi connectivity index (χ0) is 15.2. The first kappa shape index (κ1) is 14.9. The van der Waals surface area contributed by atoms with Gasteiger partial charge in [0, 0.05) is 18.3 Å². The van der Waals surface area contributed by atoms with E-state index in [0.29, 0.717) is 11.8 Å². The largest absolute Gasteiger partial charge is 0.323 e. The Labute approximate surface area is 121 Å². The number of carbonyl (C=O) groups excluding carboxylic acids is 1. The second-order valence-corrected chi connectivity index (χ2v) is 4.43. The molecule has 0 aliphatic carbocycles. The summed E-state index contributed by atoms with van der Waals surface area (Å²) in [5.74, 6) is -1.52. The number of halogens is 2. The van der Waals surface area contributed by atoms with Crippen molar-refractivity contribution in [2.75, 3.05) is 17.7 Å². The third-order valence-corrected chi connectivity index (χ3v) is 2.77. The van der Waals surface area contributed by atoms with Gasteiger partial charge in [0.15, 0.2) is 0 Å². The fourth-order valence-electron chi connectivity index (χ4n) is 1.79. The number of amides is 2. The first-order valence-corrected chi connectivity index (χ1v) is 6.35. The van der Waals surface area contributed by atoms with Gasteiger partial charge in [0.2, 0.25) is 0 Å². The van der Waals surface area contributed by atoms with Gasteiger partial charge in [0.1, 0.15) is 11.6 Å². The standard InChI is InChI=1S/C15H15F2N3O/c1-18-9-10-2-5-12(6-3-10)19-15(21)20-14-7-4-11(16)8-13(14)17/h2-8,18H,9H2,1H3,(H2,19,20,21). The zero-order valence-corrected chi connectivity index (χ0v) is 11.4.